The van der Waals surface area contributed by atoms with Crippen molar-refractivity contribution in [3.05, 3.63) is 28.8 Å². The quantitative estimate of drug-likeness (QED) is 0.857. The lowest BCUT2D eigenvalue weighted by atomic mass is 10.1. The van der Waals surface area contributed by atoms with Crippen LogP contribution in [0.4, 0.5) is 5.69 Å². The second-order valence-corrected chi connectivity index (χ2v) is 4.65. The van der Waals surface area contributed by atoms with E-state index in [1.165, 1.54) is 6.92 Å². The van der Waals surface area contributed by atoms with Gasteiger partial charge in [0.2, 0.25) is 0 Å². The number of ketones is 1. The first kappa shape index (κ1) is 13.1. The van der Waals surface area contributed by atoms with Crippen LogP contribution in [-0.4, -0.2) is 24.4 Å². The molecule has 0 aliphatic carbocycles. The van der Waals surface area contributed by atoms with E-state index in [1.54, 1.807) is 18.2 Å². The van der Waals surface area contributed by atoms with Crippen molar-refractivity contribution < 1.29 is 14.3 Å². The SMILES string of the molecule is CC(=O)c1ccc(Cl)c(NC(=O)C2CCCO2)c1. The zero-order chi connectivity index (χ0) is 13.1. The van der Waals surface area contributed by atoms with Crippen molar-refractivity contribution in [1.82, 2.24) is 0 Å². The van der Waals surface area contributed by atoms with E-state index in [4.69, 9.17) is 16.3 Å². The lowest BCUT2D eigenvalue weighted by Crippen LogP contribution is -2.27. The van der Waals surface area contributed by atoms with Gasteiger partial charge in [-0.1, -0.05) is 11.6 Å². The predicted molar refractivity (Wildman–Crippen MR) is 69.1 cm³/mol. The molecular formula is C13H14ClNO3. The van der Waals surface area contributed by atoms with Gasteiger partial charge in [-0.2, -0.15) is 0 Å². The molecule has 1 atom stereocenters. The highest BCUT2D eigenvalue weighted by molar-refractivity contribution is 6.34. The first-order valence-corrected chi connectivity index (χ1v) is 6.18. The van der Waals surface area contributed by atoms with E-state index in [1.807, 2.05) is 0 Å². The molecule has 1 heterocycles. The first-order chi connectivity index (χ1) is 8.58. The average Bonchev–Trinajstić information content (AvgIpc) is 2.85. The molecule has 96 valence electrons. The van der Waals surface area contributed by atoms with Gasteiger partial charge in [0.1, 0.15) is 6.10 Å². The Kier molecular flexibility index (Phi) is 3.99. The summed E-state index contributed by atoms with van der Waals surface area (Å²) in [7, 11) is 0. The molecule has 1 aromatic carbocycles. The van der Waals surface area contributed by atoms with Crippen molar-refractivity contribution in [3.8, 4) is 0 Å². The topological polar surface area (TPSA) is 55.4 Å². The number of anilines is 1. The number of ether oxygens (including phenoxy) is 1. The maximum Gasteiger partial charge on any atom is 0.253 e. The van der Waals surface area contributed by atoms with E-state index in [2.05, 4.69) is 5.32 Å². The van der Waals surface area contributed by atoms with E-state index in [0.717, 1.165) is 12.8 Å². The minimum absolute atomic E-state index is 0.0701. The number of amides is 1. The fourth-order valence-electron chi connectivity index (χ4n) is 1.84. The van der Waals surface area contributed by atoms with Gasteiger partial charge in [0.15, 0.2) is 5.78 Å². The second kappa shape index (κ2) is 5.50. The molecule has 1 N–H and O–H groups in total. The number of Topliss-reactive ketones (excluding diaryl/α,β-unsaturated/α-hetero) is 1. The van der Waals surface area contributed by atoms with Crippen molar-refractivity contribution in [2.45, 2.75) is 25.9 Å². The zero-order valence-corrected chi connectivity index (χ0v) is 10.8. The number of nitrogens with one attached hydrogen (secondary N) is 1. The molecule has 0 bridgehead atoms. The van der Waals surface area contributed by atoms with Crippen molar-refractivity contribution in [1.29, 1.82) is 0 Å². The Morgan fingerprint density at radius 2 is 2.22 bits per heavy atom. The van der Waals surface area contributed by atoms with E-state index >= 15 is 0 Å². The van der Waals surface area contributed by atoms with Crippen LogP contribution in [0.3, 0.4) is 0 Å². The number of carbonyl (C=O) groups is 2. The molecule has 1 aromatic rings. The summed E-state index contributed by atoms with van der Waals surface area (Å²) in [5.41, 5.74) is 0.965. The molecule has 1 amide bonds. The summed E-state index contributed by atoms with van der Waals surface area (Å²) in [4.78, 5) is 23.1. The Labute approximate surface area is 110 Å². The minimum Gasteiger partial charge on any atom is -0.368 e. The van der Waals surface area contributed by atoms with Crippen LogP contribution in [0.1, 0.15) is 30.1 Å². The number of carbonyl (C=O) groups excluding carboxylic acids is 2. The molecule has 18 heavy (non-hydrogen) atoms. The summed E-state index contributed by atoms with van der Waals surface area (Å²) < 4.78 is 5.28. The van der Waals surface area contributed by atoms with Crippen LogP contribution in [0.2, 0.25) is 5.02 Å². The van der Waals surface area contributed by atoms with E-state index < -0.39 is 6.10 Å². The van der Waals surface area contributed by atoms with Gasteiger partial charge in [0, 0.05) is 12.2 Å². The fourth-order valence-corrected chi connectivity index (χ4v) is 2.00. The number of hydrogen-bond donors (Lipinski definition) is 1. The molecule has 2 rings (SSSR count). The van der Waals surface area contributed by atoms with Crippen molar-refractivity contribution >= 4 is 29.0 Å². The van der Waals surface area contributed by atoms with Gasteiger partial charge in [-0.05, 0) is 38.0 Å². The molecule has 1 aliphatic heterocycles. The first-order valence-electron chi connectivity index (χ1n) is 5.81. The number of halogens is 1. The molecule has 0 aromatic heterocycles. The van der Waals surface area contributed by atoms with Crippen molar-refractivity contribution in [2.75, 3.05) is 11.9 Å². The summed E-state index contributed by atoms with van der Waals surface area (Å²) in [6, 6.07) is 4.81. The van der Waals surface area contributed by atoms with Crippen LogP contribution in [-0.2, 0) is 9.53 Å². The van der Waals surface area contributed by atoms with Gasteiger partial charge in [0.05, 0.1) is 10.7 Å². The van der Waals surface area contributed by atoms with Gasteiger partial charge in [-0.15, -0.1) is 0 Å². The number of rotatable bonds is 3. The Morgan fingerprint density at radius 1 is 1.44 bits per heavy atom. The molecule has 0 radical (unpaired) electrons. The maximum atomic E-state index is 11.9. The Bertz CT molecular complexity index is 481. The van der Waals surface area contributed by atoms with Gasteiger partial charge < -0.3 is 10.1 Å². The van der Waals surface area contributed by atoms with Crippen LogP contribution >= 0.6 is 11.6 Å². The van der Waals surface area contributed by atoms with Crippen LogP contribution in [0.15, 0.2) is 18.2 Å². The van der Waals surface area contributed by atoms with E-state index in [0.29, 0.717) is 22.9 Å². The highest BCUT2D eigenvalue weighted by atomic mass is 35.5. The highest BCUT2D eigenvalue weighted by Crippen LogP contribution is 2.24. The third-order valence-corrected chi connectivity index (χ3v) is 3.18. The summed E-state index contributed by atoms with van der Waals surface area (Å²) in [5, 5.41) is 3.11. The molecule has 5 heteroatoms. The summed E-state index contributed by atoms with van der Waals surface area (Å²) in [5.74, 6) is -0.283. The summed E-state index contributed by atoms with van der Waals surface area (Å²) in [6.45, 7) is 2.08. The van der Waals surface area contributed by atoms with E-state index in [-0.39, 0.29) is 11.7 Å². The van der Waals surface area contributed by atoms with Crippen LogP contribution < -0.4 is 5.32 Å². The summed E-state index contributed by atoms with van der Waals surface area (Å²) >= 11 is 5.98. The van der Waals surface area contributed by atoms with E-state index in [9.17, 15) is 9.59 Å². The van der Waals surface area contributed by atoms with Gasteiger partial charge in [0.25, 0.3) is 5.91 Å². The largest absolute Gasteiger partial charge is 0.368 e. The Balaban J connectivity index is 2.14. The maximum absolute atomic E-state index is 11.9. The van der Waals surface area contributed by atoms with Gasteiger partial charge in [-0.25, -0.2) is 0 Å². The Morgan fingerprint density at radius 3 is 2.83 bits per heavy atom. The third kappa shape index (κ3) is 2.89. The normalized spacial score (nSPS) is 18.7. The van der Waals surface area contributed by atoms with Gasteiger partial charge in [-0.3, -0.25) is 9.59 Å². The second-order valence-electron chi connectivity index (χ2n) is 4.24. The molecule has 1 fully saturated rings. The van der Waals surface area contributed by atoms with Crippen molar-refractivity contribution in [3.63, 3.8) is 0 Å². The van der Waals surface area contributed by atoms with Gasteiger partial charge >= 0.3 is 0 Å². The average molecular weight is 268 g/mol. The minimum atomic E-state index is -0.415. The monoisotopic (exact) mass is 267 g/mol. The molecule has 0 spiro atoms. The third-order valence-electron chi connectivity index (χ3n) is 2.85. The zero-order valence-electron chi connectivity index (χ0n) is 10.0. The van der Waals surface area contributed by atoms with Crippen molar-refractivity contribution in [2.24, 2.45) is 0 Å². The number of benzene rings is 1. The van der Waals surface area contributed by atoms with Crippen LogP contribution in [0.25, 0.3) is 0 Å². The molecule has 1 aliphatic rings. The van der Waals surface area contributed by atoms with Crippen LogP contribution in [0.5, 0.6) is 0 Å². The summed E-state index contributed by atoms with van der Waals surface area (Å²) in [6.07, 6.45) is 1.19. The fraction of sp³-hybridized carbons (Fsp3) is 0.385. The van der Waals surface area contributed by atoms with Crippen LogP contribution in [0, 0.1) is 0 Å². The molecular weight excluding hydrogens is 254 g/mol. The molecule has 1 unspecified atom stereocenters. The molecule has 1 saturated heterocycles. The highest BCUT2D eigenvalue weighted by Gasteiger charge is 2.24. The smallest absolute Gasteiger partial charge is 0.253 e. The standard InChI is InChI=1S/C13H14ClNO3/c1-8(16)9-4-5-10(14)11(7-9)15-13(17)12-3-2-6-18-12/h4-5,7,12H,2-3,6H2,1H3,(H,15,17). The lowest BCUT2D eigenvalue weighted by Gasteiger charge is -2.12. The molecule has 0 saturated carbocycles. The number of hydrogen-bond acceptors (Lipinski definition) is 3. The molecule has 4 nitrogen and oxygen atoms in total. The Hall–Kier alpha value is -1.39. The predicted octanol–water partition coefficient (Wildman–Crippen LogP) is 2.66. The lowest BCUT2D eigenvalue weighted by molar-refractivity contribution is -0.124.